The Balaban J connectivity index is 1.97. The highest BCUT2D eigenvalue weighted by Gasteiger charge is 2.04. The number of unbranched alkanes of at least 4 members (excludes halogenated alkanes) is 1. The van der Waals surface area contributed by atoms with Gasteiger partial charge in [-0.2, -0.15) is 0 Å². The zero-order chi connectivity index (χ0) is 18.8. The van der Waals surface area contributed by atoms with E-state index in [4.69, 9.17) is 14.2 Å². The number of hydrogen-bond acceptors (Lipinski definition) is 4. The lowest BCUT2D eigenvalue weighted by Crippen LogP contribution is -2.07. The van der Waals surface area contributed by atoms with E-state index in [-0.39, 0.29) is 5.91 Å². The number of rotatable bonds is 9. The summed E-state index contributed by atoms with van der Waals surface area (Å²) in [6, 6.07) is 12.7. The monoisotopic (exact) mass is 355 g/mol. The topological polar surface area (TPSA) is 56.8 Å². The van der Waals surface area contributed by atoms with E-state index in [0.717, 1.165) is 24.2 Å². The van der Waals surface area contributed by atoms with Gasteiger partial charge in [0, 0.05) is 17.3 Å². The largest absolute Gasteiger partial charge is 0.497 e. The maximum atomic E-state index is 12.1. The number of anilines is 1. The van der Waals surface area contributed by atoms with Crippen LogP contribution in [0.1, 0.15) is 25.3 Å². The summed E-state index contributed by atoms with van der Waals surface area (Å²) in [5, 5.41) is 2.82. The van der Waals surface area contributed by atoms with Crippen LogP contribution < -0.4 is 19.5 Å². The van der Waals surface area contributed by atoms with Crippen LogP contribution in [-0.4, -0.2) is 26.7 Å². The summed E-state index contributed by atoms with van der Waals surface area (Å²) in [4.78, 5) is 12.1. The second-order valence-corrected chi connectivity index (χ2v) is 5.66. The first-order chi connectivity index (χ1) is 12.7. The molecule has 138 valence electrons. The summed E-state index contributed by atoms with van der Waals surface area (Å²) < 4.78 is 16.1. The highest BCUT2D eigenvalue weighted by molar-refractivity contribution is 6.02. The zero-order valence-electron chi connectivity index (χ0n) is 15.5. The molecule has 0 saturated heterocycles. The third kappa shape index (κ3) is 5.84. The molecule has 5 heteroatoms. The summed E-state index contributed by atoms with van der Waals surface area (Å²) in [5.74, 6) is 1.94. The van der Waals surface area contributed by atoms with E-state index in [1.165, 1.54) is 6.08 Å². The summed E-state index contributed by atoms with van der Waals surface area (Å²) in [5.41, 5.74) is 1.47. The van der Waals surface area contributed by atoms with E-state index in [1.54, 1.807) is 32.4 Å². The van der Waals surface area contributed by atoms with E-state index < -0.39 is 0 Å². The van der Waals surface area contributed by atoms with Crippen LogP contribution >= 0.6 is 0 Å². The maximum Gasteiger partial charge on any atom is 0.248 e. The Morgan fingerprint density at radius 2 is 1.77 bits per heavy atom. The lowest BCUT2D eigenvalue weighted by Gasteiger charge is -2.08. The summed E-state index contributed by atoms with van der Waals surface area (Å²) in [6.45, 7) is 2.82. The van der Waals surface area contributed by atoms with Crippen molar-refractivity contribution in [1.82, 2.24) is 0 Å². The lowest BCUT2D eigenvalue weighted by atomic mass is 10.1. The average Bonchev–Trinajstić information content (AvgIpc) is 2.67. The first kappa shape index (κ1) is 19.4. The Hall–Kier alpha value is -2.95. The highest BCUT2D eigenvalue weighted by Crippen LogP contribution is 2.25. The normalized spacial score (nSPS) is 10.6. The lowest BCUT2D eigenvalue weighted by molar-refractivity contribution is -0.111. The van der Waals surface area contributed by atoms with Crippen molar-refractivity contribution in [2.45, 2.75) is 19.8 Å². The number of methoxy groups -OCH3 is 2. The molecule has 1 amide bonds. The Kier molecular flexibility index (Phi) is 7.55. The first-order valence-corrected chi connectivity index (χ1v) is 8.60. The molecule has 0 radical (unpaired) electrons. The number of nitrogens with one attached hydrogen (secondary N) is 1. The molecule has 0 aliphatic rings. The van der Waals surface area contributed by atoms with Crippen molar-refractivity contribution in [2.75, 3.05) is 26.1 Å². The van der Waals surface area contributed by atoms with Gasteiger partial charge in [0.2, 0.25) is 5.91 Å². The van der Waals surface area contributed by atoms with Gasteiger partial charge in [0.15, 0.2) is 0 Å². The molecule has 0 aliphatic heterocycles. The highest BCUT2D eigenvalue weighted by atomic mass is 16.5. The Labute approximate surface area is 154 Å². The van der Waals surface area contributed by atoms with Crippen LogP contribution in [0.4, 0.5) is 5.69 Å². The predicted molar refractivity (Wildman–Crippen MR) is 104 cm³/mol. The van der Waals surface area contributed by atoms with E-state index in [9.17, 15) is 4.79 Å². The van der Waals surface area contributed by atoms with E-state index in [2.05, 4.69) is 12.2 Å². The molecule has 0 aromatic heterocycles. The second kappa shape index (κ2) is 10.1. The molecule has 0 heterocycles. The van der Waals surface area contributed by atoms with Crippen molar-refractivity contribution in [2.24, 2.45) is 0 Å². The van der Waals surface area contributed by atoms with Gasteiger partial charge in [-0.25, -0.2) is 0 Å². The molecule has 0 aliphatic carbocycles. The number of benzene rings is 2. The minimum atomic E-state index is -0.227. The smallest absolute Gasteiger partial charge is 0.248 e. The molecule has 5 nitrogen and oxygen atoms in total. The molecule has 2 aromatic carbocycles. The van der Waals surface area contributed by atoms with E-state index in [1.807, 2.05) is 30.3 Å². The summed E-state index contributed by atoms with van der Waals surface area (Å²) in [7, 11) is 3.18. The van der Waals surface area contributed by atoms with Crippen molar-refractivity contribution in [3.63, 3.8) is 0 Å². The van der Waals surface area contributed by atoms with Crippen molar-refractivity contribution in [1.29, 1.82) is 0 Å². The molecule has 0 atom stereocenters. The van der Waals surface area contributed by atoms with E-state index >= 15 is 0 Å². The fourth-order valence-corrected chi connectivity index (χ4v) is 2.29. The molecule has 0 fully saturated rings. The quantitative estimate of drug-likeness (QED) is 0.530. The van der Waals surface area contributed by atoms with Gasteiger partial charge in [0.25, 0.3) is 0 Å². The van der Waals surface area contributed by atoms with Crippen LogP contribution in [0.3, 0.4) is 0 Å². The maximum absolute atomic E-state index is 12.1. The molecular weight excluding hydrogens is 330 g/mol. The molecule has 0 unspecified atom stereocenters. The van der Waals surface area contributed by atoms with Crippen LogP contribution in [0.25, 0.3) is 6.08 Å². The van der Waals surface area contributed by atoms with Gasteiger partial charge in [-0.3, -0.25) is 4.79 Å². The number of hydrogen-bond donors (Lipinski definition) is 1. The molecule has 1 N–H and O–H groups in total. The van der Waals surface area contributed by atoms with Gasteiger partial charge < -0.3 is 19.5 Å². The summed E-state index contributed by atoms with van der Waals surface area (Å²) in [6.07, 6.45) is 5.28. The molecule has 26 heavy (non-hydrogen) atoms. The van der Waals surface area contributed by atoms with Gasteiger partial charge in [0.1, 0.15) is 17.2 Å². The number of amides is 1. The Morgan fingerprint density at radius 3 is 2.42 bits per heavy atom. The first-order valence-electron chi connectivity index (χ1n) is 8.60. The average molecular weight is 355 g/mol. The molecule has 0 saturated carbocycles. The van der Waals surface area contributed by atoms with Crippen molar-refractivity contribution >= 4 is 17.7 Å². The Morgan fingerprint density at radius 1 is 1.04 bits per heavy atom. The second-order valence-electron chi connectivity index (χ2n) is 5.66. The minimum Gasteiger partial charge on any atom is -0.497 e. The van der Waals surface area contributed by atoms with Gasteiger partial charge >= 0.3 is 0 Å². The zero-order valence-corrected chi connectivity index (χ0v) is 15.5. The van der Waals surface area contributed by atoms with Gasteiger partial charge in [0.05, 0.1) is 20.8 Å². The molecular formula is C21H25NO4. The predicted octanol–water partition coefficient (Wildman–Crippen LogP) is 4.53. The minimum absolute atomic E-state index is 0.227. The van der Waals surface area contributed by atoms with Crippen molar-refractivity contribution < 1.29 is 19.0 Å². The fourth-order valence-electron chi connectivity index (χ4n) is 2.29. The van der Waals surface area contributed by atoms with Crippen LogP contribution in [0.2, 0.25) is 0 Å². The molecule has 2 aromatic rings. The number of ether oxygens (including phenoxy) is 3. The SMILES string of the molecule is CCCCOc1ccc(NC(=O)/C=C/c2cc(OC)ccc2OC)cc1. The van der Waals surface area contributed by atoms with Crippen LogP contribution in [0, 0.1) is 0 Å². The van der Waals surface area contributed by atoms with Crippen molar-refractivity contribution in [3.05, 3.63) is 54.1 Å². The third-order valence-electron chi connectivity index (χ3n) is 3.74. The third-order valence-corrected chi connectivity index (χ3v) is 3.74. The molecule has 0 spiro atoms. The summed E-state index contributed by atoms with van der Waals surface area (Å²) >= 11 is 0. The van der Waals surface area contributed by atoms with Gasteiger partial charge in [-0.15, -0.1) is 0 Å². The van der Waals surface area contributed by atoms with Crippen LogP contribution in [-0.2, 0) is 4.79 Å². The van der Waals surface area contributed by atoms with E-state index in [0.29, 0.717) is 23.8 Å². The van der Waals surface area contributed by atoms with Crippen molar-refractivity contribution in [3.8, 4) is 17.2 Å². The Bertz CT molecular complexity index is 738. The number of carbonyl (C=O) groups excluding carboxylic acids is 1. The standard InChI is InChI=1S/C21H25NO4/c1-4-5-14-26-18-9-7-17(8-10-18)22-21(23)13-6-16-15-19(24-2)11-12-20(16)25-3/h6-13,15H,4-5,14H2,1-3H3,(H,22,23)/b13-6+. The fraction of sp³-hybridized carbons (Fsp3) is 0.286. The molecule has 0 bridgehead atoms. The van der Waals surface area contributed by atoms with Crippen LogP contribution in [0.15, 0.2) is 48.5 Å². The van der Waals surface area contributed by atoms with Gasteiger partial charge in [-0.05, 0) is 55.0 Å². The van der Waals surface area contributed by atoms with Crippen LogP contribution in [0.5, 0.6) is 17.2 Å². The van der Waals surface area contributed by atoms with Gasteiger partial charge in [-0.1, -0.05) is 13.3 Å². The molecule has 2 rings (SSSR count). The number of carbonyl (C=O) groups is 1.